The number of carbonyl (C=O) groups is 1. The van der Waals surface area contributed by atoms with Crippen LogP contribution in [0.4, 0.5) is 10.5 Å². The zero-order valence-electron chi connectivity index (χ0n) is 13.4. The number of quaternary nitrogens is 1. The number of benzene rings is 1. The van der Waals surface area contributed by atoms with Crippen molar-refractivity contribution in [2.24, 2.45) is 0 Å². The highest BCUT2D eigenvalue weighted by Gasteiger charge is 2.14. The highest BCUT2D eigenvalue weighted by molar-refractivity contribution is 5.68. The molecule has 5 heteroatoms. The van der Waals surface area contributed by atoms with E-state index in [4.69, 9.17) is 9.94 Å². The minimum absolute atomic E-state index is 0.225. The number of carbonyl (C=O) groups excluding carboxylic acids is 1. The zero-order valence-corrected chi connectivity index (χ0v) is 13.4. The molecular weight excluding hydrogens is 268 g/mol. The maximum absolute atomic E-state index is 11.3. The van der Waals surface area contributed by atoms with E-state index in [0.717, 1.165) is 16.7 Å². The van der Waals surface area contributed by atoms with Crippen molar-refractivity contribution < 1.29 is 20.2 Å². The number of ether oxygens (including phenoxy) is 1. The first kappa shape index (κ1) is 19.0. The van der Waals surface area contributed by atoms with Crippen LogP contribution in [0.1, 0.15) is 40.2 Å². The molecule has 4 N–H and O–H groups in total. The minimum Gasteiger partial charge on any atom is -0.444 e. The van der Waals surface area contributed by atoms with Gasteiger partial charge in [-0.25, -0.2) is 10.0 Å². The third-order valence-electron chi connectivity index (χ3n) is 2.01. The summed E-state index contributed by atoms with van der Waals surface area (Å²) in [6, 6.07) is 7.10. The lowest BCUT2D eigenvalue weighted by Crippen LogP contribution is -2.73. The Kier molecular flexibility index (Phi) is 8.86. The van der Waals surface area contributed by atoms with Gasteiger partial charge in [0.2, 0.25) is 0 Å². The molecule has 0 saturated carbocycles. The van der Waals surface area contributed by atoms with Crippen LogP contribution in [0.3, 0.4) is 0 Å². The van der Waals surface area contributed by atoms with Crippen molar-refractivity contribution in [2.75, 3.05) is 6.54 Å². The number of rotatable bonds is 2. The smallest absolute Gasteiger partial charge is 0.408 e. The maximum Gasteiger partial charge on any atom is 0.408 e. The number of nitrogens with two attached hydrogens (primary N) is 1. The van der Waals surface area contributed by atoms with Gasteiger partial charge in [0, 0.05) is 17.7 Å². The van der Waals surface area contributed by atoms with E-state index in [1.54, 1.807) is 45.0 Å². The molecule has 1 aromatic carbocycles. The summed E-state index contributed by atoms with van der Waals surface area (Å²) in [6.07, 6.45) is -0.480. The molecule has 1 aromatic rings. The fourth-order valence-corrected chi connectivity index (χ4v) is 1.23. The van der Waals surface area contributed by atoms with E-state index in [1.807, 2.05) is 13.8 Å². The van der Waals surface area contributed by atoms with E-state index in [0.29, 0.717) is 0 Å². The topological polar surface area (TPSA) is 75.2 Å². The van der Waals surface area contributed by atoms with E-state index in [1.165, 1.54) is 0 Å². The van der Waals surface area contributed by atoms with E-state index < -0.39 is 11.7 Å². The fourth-order valence-electron chi connectivity index (χ4n) is 1.23. The fraction of sp³-hybridized carbons (Fsp3) is 0.438. The highest BCUT2D eigenvalue weighted by atomic mass is 16.6. The van der Waals surface area contributed by atoms with Crippen molar-refractivity contribution in [3.8, 4) is 11.8 Å². The first-order valence-electron chi connectivity index (χ1n) is 6.94. The molecule has 0 unspecified atom stereocenters. The van der Waals surface area contributed by atoms with Crippen molar-refractivity contribution in [3.05, 3.63) is 29.8 Å². The van der Waals surface area contributed by atoms with Crippen LogP contribution in [0.5, 0.6) is 0 Å². The van der Waals surface area contributed by atoms with Crippen molar-refractivity contribution in [3.63, 3.8) is 0 Å². The lowest BCUT2D eigenvalue weighted by molar-refractivity contribution is -0.825. The lowest BCUT2D eigenvalue weighted by atomic mass is 10.2. The third-order valence-corrected chi connectivity index (χ3v) is 2.01. The monoisotopic (exact) mass is 293 g/mol. The normalized spacial score (nSPS) is 9.62. The average molecular weight is 293 g/mol. The van der Waals surface area contributed by atoms with Gasteiger partial charge in [-0.3, -0.25) is 0 Å². The highest BCUT2D eigenvalue weighted by Crippen LogP contribution is 2.06. The molecule has 0 aliphatic rings. The Morgan fingerprint density at radius 1 is 1.29 bits per heavy atom. The van der Waals surface area contributed by atoms with E-state index in [2.05, 4.69) is 17.2 Å². The summed E-state index contributed by atoms with van der Waals surface area (Å²) in [5.74, 6) is 5.72. The lowest BCUT2D eigenvalue weighted by Gasteiger charge is -2.18. The number of amides is 1. The van der Waals surface area contributed by atoms with Crippen LogP contribution < -0.4 is 10.8 Å². The van der Waals surface area contributed by atoms with E-state index in [-0.39, 0.29) is 6.54 Å². The number of hydrogen-bond donors (Lipinski definition) is 3. The molecular formula is C16H25N2O3+. The second kappa shape index (κ2) is 9.81. The molecule has 0 radical (unpaired) electrons. The van der Waals surface area contributed by atoms with Gasteiger partial charge in [0.1, 0.15) is 5.60 Å². The first-order valence-corrected chi connectivity index (χ1v) is 6.94. The summed E-state index contributed by atoms with van der Waals surface area (Å²) in [5.41, 5.74) is 2.06. The predicted molar refractivity (Wildman–Crippen MR) is 82.3 cm³/mol. The van der Waals surface area contributed by atoms with Gasteiger partial charge in [-0.1, -0.05) is 25.7 Å². The van der Waals surface area contributed by atoms with E-state index in [9.17, 15) is 4.79 Å². The van der Waals surface area contributed by atoms with Gasteiger partial charge >= 0.3 is 6.09 Å². The summed E-state index contributed by atoms with van der Waals surface area (Å²) in [6.45, 7) is 9.64. The molecule has 1 rings (SSSR count). The molecule has 0 fully saturated rings. The number of nitrogens with one attached hydrogen (secondary N) is 1. The van der Waals surface area contributed by atoms with Crippen molar-refractivity contribution in [1.29, 1.82) is 0 Å². The van der Waals surface area contributed by atoms with Gasteiger partial charge in [-0.15, -0.1) is 0 Å². The number of hydrogen-bond acceptors (Lipinski definition) is 3. The van der Waals surface area contributed by atoms with E-state index >= 15 is 0 Å². The van der Waals surface area contributed by atoms with Crippen LogP contribution in [0.2, 0.25) is 0 Å². The van der Waals surface area contributed by atoms with Gasteiger partial charge in [0.05, 0.1) is 6.54 Å². The number of alkyl carbamates (subject to hydrolysis) is 1. The van der Waals surface area contributed by atoms with Crippen molar-refractivity contribution in [2.45, 2.75) is 40.2 Å². The molecule has 0 aromatic heterocycles. The molecule has 116 valence electrons. The van der Waals surface area contributed by atoms with Crippen LogP contribution in [0, 0.1) is 11.8 Å². The molecule has 0 aliphatic carbocycles. The second-order valence-electron chi connectivity index (χ2n) is 4.91. The molecule has 0 heterocycles. The maximum atomic E-state index is 11.3. The summed E-state index contributed by atoms with van der Waals surface area (Å²) >= 11 is 0. The molecule has 0 bridgehead atoms. The van der Waals surface area contributed by atoms with Crippen LogP contribution in [0.15, 0.2) is 24.3 Å². The molecule has 0 atom stereocenters. The molecule has 1 amide bonds. The Balaban J connectivity index is 0.00000191. The Labute approximate surface area is 126 Å². The summed E-state index contributed by atoms with van der Waals surface area (Å²) in [7, 11) is 0. The molecule has 21 heavy (non-hydrogen) atoms. The van der Waals surface area contributed by atoms with Crippen molar-refractivity contribution in [1.82, 2.24) is 5.32 Å². The van der Waals surface area contributed by atoms with Gasteiger partial charge in [-0.05, 0) is 32.9 Å². The van der Waals surface area contributed by atoms with Crippen LogP contribution >= 0.6 is 0 Å². The Hall–Kier alpha value is -2.03. The molecule has 5 nitrogen and oxygen atoms in total. The summed E-state index contributed by atoms with van der Waals surface area (Å²) in [4.78, 5) is 11.3. The molecule has 0 spiro atoms. The zero-order chi connectivity index (χ0) is 16.3. The van der Waals surface area contributed by atoms with Gasteiger partial charge in [0.25, 0.3) is 0 Å². The van der Waals surface area contributed by atoms with Crippen LogP contribution in [-0.4, -0.2) is 23.4 Å². The van der Waals surface area contributed by atoms with Gasteiger partial charge in [-0.2, -0.15) is 5.48 Å². The second-order valence-corrected chi connectivity index (χ2v) is 4.91. The minimum atomic E-state index is -0.506. The summed E-state index contributed by atoms with van der Waals surface area (Å²) < 4.78 is 5.07. The Morgan fingerprint density at radius 3 is 2.33 bits per heavy atom. The standard InChI is InChI=1S/C14H18N2O3.C2H6/c1-14(2,3)19-13(17)15-10-4-5-11-6-8-12(16-18)9-7-11;1-2/h6-9,16,18H,10H2,1-3H3,(H,15,17);1-2H3/p+1. The van der Waals surface area contributed by atoms with Gasteiger partial charge < -0.3 is 10.1 Å². The molecule has 0 saturated heterocycles. The van der Waals surface area contributed by atoms with Crippen molar-refractivity contribution >= 4 is 11.8 Å². The van der Waals surface area contributed by atoms with Crippen LogP contribution in [-0.2, 0) is 4.74 Å². The third kappa shape index (κ3) is 9.50. The summed E-state index contributed by atoms with van der Waals surface area (Å²) in [5, 5.41) is 11.3. The predicted octanol–water partition coefficient (Wildman–Crippen LogP) is 2.17. The Bertz CT molecular complexity index is 479. The first-order chi connectivity index (χ1) is 9.90. The largest absolute Gasteiger partial charge is 0.444 e. The SMILES string of the molecule is CC.CC(C)(C)OC(=O)NCC#Cc1ccc([NH2+]O)cc1. The van der Waals surface area contributed by atoms with Gasteiger partial charge in [0.15, 0.2) is 5.69 Å². The molecule has 0 aliphatic heterocycles. The Morgan fingerprint density at radius 2 is 1.86 bits per heavy atom. The van der Waals surface area contributed by atoms with Crippen LogP contribution in [0.25, 0.3) is 0 Å². The average Bonchev–Trinajstić information content (AvgIpc) is 2.44. The quantitative estimate of drug-likeness (QED) is 0.444.